The maximum Gasteiger partial charge on any atom is 0.309 e. The van der Waals surface area contributed by atoms with Crippen LogP contribution in [0.4, 0.5) is 0 Å². The predicted molar refractivity (Wildman–Crippen MR) is 77.0 cm³/mol. The molecule has 0 spiro atoms. The number of carbonyl (C=O) groups excluding carboxylic acids is 1. The van der Waals surface area contributed by atoms with Crippen molar-refractivity contribution >= 4 is 21.9 Å². The molecule has 0 aliphatic heterocycles. The Labute approximate surface area is 122 Å². The summed E-state index contributed by atoms with van der Waals surface area (Å²) in [6, 6.07) is 10.1. The largest absolute Gasteiger partial charge is 0.469 e. The molecular weight excluding hydrogens is 308 g/mol. The van der Waals surface area contributed by atoms with Gasteiger partial charge in [-0.25, -0.2) is 0 Å². The second-order valence-electron chi connectivity index (χ2n) is 4.96. The van der Waals surface area contributed by atoms with Gasteiger partial charge in [0.25, 0.3) is 0 Å². The van der Waals surface area contributed by atoms with Gasteiger partial charge in [-0.1, -0.05) is 46.3 Å². The molecule has 1 aromatic rings. The zero-order valence-electron chi connectivity index (χ0n) is 11.0. The van der Waals surface area contributed by atoms with Crippen LogP contribution in [-0.4, -0.2) is 24.5 Å². The summed E-state index contributed by atoms with van der Waals surface area (Å²) in [5.41, 5.74) is 1.16. The molecule has 1 aliphatic rings. The van der Waals surface area contributed by atoms with Gasteiger partial charge in [0.1, 0.15) is 0 Å². The highest BCUT2D eigenvalue weighted by Gasteiger charge is 2.38. The second-order valence-corrected chi connectivity index (χ2v) is 6.25. The van der Waals surface area contributed by atoms with Crippen LogP contribution in [-0.2, 0) is 20.9 Å². The number of alkyl halides is 1. The van der Waals surface area contributed by atoms with Gasteiger partial charge in [0.15, 0.2) is 0 Å². The van der Waals surface area contributed by atoms with Crippen LogP contribution in [0.25, 0.3) is 0 Å². The van der Waals surface area contributed by atoms with Gasteiger partial charge in [-0.3, -0.25) is 4.79 Å². The minimum atomic E-state index is -0.115. The van der Waals surface area contributed by atoms with E-state index in [1.165, 1.54) is 7.11 Å². The molecule has 1 saturated carbocycles. The fraction of sp³-hybridized carbons (Fsp3) is 0.533. The Kier molecular flexibility index (Phi) is 5.40. The Balaban J connectivity index is 1.82. The lowest BCUT2D eigenvalue weighted by Gasteiger charge is -2.17. The van der Waals surface area contributed by atoms with Gasteiger partial charge >= 0.3 is 5.97 Å². The standard InChI is InChI=1S/C15H19BrO3/c1-18-15(17)14-8-13(16)7-12(14)10-19-9-11-5-3-2-4-6-11/h2-6,12-14H,7-10H2,1H3/t12-,13+,14?/m1/s1. The number of methoxy groups -OCH3 is 1. The van der Waals surface area contributed by atoms with Crippen LogP contribution in [0.15, 0.2) is 30.3 Å². The van der Waals surface area contributed by atoms with Gasteiger partial charge in [0, 0.05) is 4.83 Å². The van der Waals surface area contributed by atoms with Gasteiger partial charge in [0.05, 0.1) is 26.2 Å². The van der Waals surface area contributed by atoms with E-state index in [2.05, 4.69) is 15.9 Å². The summed E-state index contributed by atoms with van der Waals surface area (Å²) >= 11 is 3.59. The van der Waals surface area contributed by atoms with E-state index in [0.29, 0.717) is 18.0 Å². The summed E-state index contributed by atoms with van der Waals surface area (Å²) in [4.78, 5) is 12.1. The van der Waals surface area contributed by atoms with Gasteiger partial charge in [-0.15, -0.1) is 0 Å². The zero-order chi connectivity index (χ0) is 13.7. The molecule has 1 unspecified atom stereocenters. The van der Waals surface area contributed by atoms with Crippen molar-refractivity contribution in [3.8, 4) is 0 Å². The predicted octanol–water partition coefficient (Wildman–Crippen LogP) is 3.17. The van der Waals surface area contributed by atoms with Crippen LogP contribution >= 0.6 is 15.9 Å². The van der Waals surface area contributed by atoms with Gasteiger partial charge < -0.3 is 9.47 Å². The molecule has 0 N–H and O–H groups in total. The summed E-state index contributed by atoms with van der Waals surface area (Å²) in [5, 5.41) is 0. The fourth-order valence-corrected chi connectivity index (χ4v) is 3.47. The third-order valence-corrected chi connectivity index (χ3v) is 4.33. The molecule has 19 heavy (non-hydrogen) atoms. The highest BCUT2D eigenvalue weighted by molar-refractivity contribution is 9.09. The van der Waals surface area contributed by atoms with Crippen molar-refractivity contribution in [3.63, 3.8) is 0 Å². The summed E-state index contributed by atoms with van der Waals surface area (Å²) in [7, 11) is 1.45. The van der Waals surface area contributed by atoms with E-state index in [-0.39, 0.29) is 17.8 Å². The molecule has 2 rings (SSSR count). The van der Waals surface area contributed by atoms with E-state index in [1.54, 1.807) is 0 Å². The van der Waals surface area contributed by atoms with Crippen LogP contribution in [0.5, 0.6) is 0 Å². The molecule has 3 nitrogen and oxygen atoms in total. The van der Waals surface area contributed by atoms with Crippen molar-refractivity contribution in [2.75, 3.05) is 13.7 Å². The number of hydrogen-bond acceptors (Lipinski definition) is 3. The molecule has 1 aliphatic carbocycles. The summed E-state index contributed by atoms with van der Waals surface area (Å²) in [6.07, 6.45) is 1.81. The lowest BCUT2D eigenvalue weighted by atomic mass is 9.97. The third-order valence-electron chi connectivity index (χ3n) is 3.58. The van der Waals surface area contributed by atoms with E-state index < -0.39 is 0 Å². The van der Waals surface area contributed by atoms with Crippen LogP contribution < -0.4 is 0 Å². The van der Waals surface area contributed by atoms with Crippen LogP contribution in [0.3, 0.4) is 0 Å². The molecule has 0 aromatic heterocycles. The normalized spacial score (nSPS) is 26.3. The number of ether oxygens (including phenoxy) is 2. The average molecular weight is 327 g/mol. The number of benzene rings is 1. The molecule has 0 heterocycles. The quantitative estimate of drug-likeness (QED) is 0.616. The Hall–Kier alpha value is -0.870. The van der Waals surface area contributed by atoms with Crippen molar-refractivity contribution in [2.45, 2.75) is 24.3 Å². The van der Waals surface area contributed by atoms with E-state index in [1.807, 2.05) is 30.3 Å². The average Bonchev–Trinajstić information content (AvgIpc) is 2.80. The third kappa shape index (κ3) is 4.05. The summed E-state index contributed by atoms with van der Waals surface area (Å²) in [6.45, 7) is 1.20. The first-order chi connectivity index (χ1) is 9.20. The zero-order valence-corrected chi connectivity index (χ0v) is 12.6. The molecule has 3 atom stereocenters. The molecule has 0 amide bonds. The van der Waals surface area contributed by atoms with E-state index in [0.717, 1.165) is 18.4 Å². The van der Waals surface area contributed by atoms with Gasteiger partial charge in [-0.05, 0) is 24.3 Å². The van der Waals surface area contributed by atoms with E-state index >= 15 is 0 Å². The van der Waals surface area contributed by atoms with Crippen LogP contribution in [0.1, 0.15) is 18.4 Å². The van der Waals surface area contributed by atoms with Crippen LogP contribution in [0.2, 0.25) is 0 Å². The lowest BCUT2D eigenvalue weighted by Crippen LogP contribution is -2.23. The Morgan fingerprint density at radius 1 is 1.32 bits per heavy atom. The maximum absolute atomic E-state index is 11.7. The molecule has 0 bridgehead atoms. The number of carbonyl (C=O) groups is 1. The Bertz CT molecular complexity index is 407. The second kappa shape index (κ2) is 7.06. The number of hydrogen-bond donors (Lipinski definition) is 0. The molecule has 1 aromatic carbocycles. The van der Waals surface area contributed by atoms with Gasteiger partial charge in [0.2, 0.25) is 0 Å². The highest BCUT2D eigenvalue weighted by Crippen LogP contribution is 2.37. The Morgan fingerprint density at radius 3 is 2.74 bits per heavy atom. The molecule has 104 valence electrons. The Morgan fingerprint density at radius 2 is 2.05 bits per heavy atom. The summed E-state index contributed by atoms with van der Waals surface area (Å²) < 4.78 is 10.6. The monoisotopic (exact) mass is 326 g/mol. The first-order valence-corrected chi connectivity index (χ1v) is 7.46. The number of halogens is 1. The van der Waals surface area contributed by atoms with Crippen molar-refractivity contribution in [3.05, 3.63) is 35.9 Å². The smallest absolute Gasteiger partial charge is 0.309 e. The van der Waals surface area contributed by atoms with Crippen molar-refractivity contribution in [2.24, 2.45) is 11.8 Å². The molecule has 0 saturated heterocycles. The minimum absolute atomic E-state index is 0.0369. The molecule has 4 heteroatoms. The van der Waals surface area contributed by atoms with E-state index in [9.17, 15) is 4.79 Å². The van der Waals surface area contributed by atoms with E-state index in [4.69, 9.17) is 9.47 Å². The molecular formula is C15H19BrO3. The first-order valence-electron chi connectivity index (χ1n) is 6.54. The lowest BCUT2D eigenvalue weighted by molar-refractivity contribution is -0.147. The van der Waals surface area contributed by atoms with Crippen LogP contribution in [0, 0.1) is 11.8 Å². The number of rotatable bonds is 5. The number of esters is 1. The maximum atomic E-state index is 11.7. The molecule has 1 fully saturated rings. The SMILES string of the molecule is COC(=O)C1C[C@@H](Br)C[C@@H]1COCc1ccccc1. The highest BCUT2D eigenvalue weighted by atomic mass is 79.9. The minimum Gasteiger partial charge on any atom is -0.469 e. The first kappa shape index (κ1) is 14.5. The van der Waals surface area contributed by atoms with Crippen molar-refractivity contribution < 1.29 is 14.3 Å². The fourth-order valence-electron chi connectivity index (χ4n) is 2.58. The summed E-state index contributed by atoms with van der Waals surface area (Å²) in [5.74, 6) is 0.0981. The van der Waals surface area contributed by atoms with Crippen molar-refractivity contribution in [1.29, 1.82) is 0 Å². The topological polar surface area (TPSA) is 35.5 Å². The van der Waals surface area contributed by atoms with Gasteiger partial charge in [-0.2, -0.15) is 0 Å². The van der Waals surface area contributed by atoms with Crippen molar-refractivity contribution in [1.82, 2.24) is 0 Å². The molecule has 0 radical (unpaired) electrons.